The van der Waals surface area contributed by atoms with Gasteiger partial charge in [0.25, 0.3) is 9.05 Å². The standard InChI is InChI=1S/C9H7Cl2F3O3S/c10-7-5-6(18(11,15)16)1-2-8(7)17-4-3-9(12,13)14/h1-2,5H,3-4H2. The summed E-state index contributed by atoms with van der Waals surface area (Å²) in [5, 5.41) is -0.126. The molecule has 3 nitrogen and oxygen atoms in total. The van der Waals surface area contributed by atoms with Crippen LogP contribution in [0.5, 0.6) is 5.75 Å². The first-order valence-corrected chi connectivity index (χ1v) is 7.22. The van der Waals surface area contributed by atoms with Crippen molar-refractivity contribution in [2.24, 2.45) is 0 Å². The first-order valence-electron chi connectivity index (χ1n) is 4.53. The molecule has 0 N–H and O–H groups in total. The van der Waals surface area contributed by atoms with Crippen LogP contribution in [-0.4, -0.2) is 21.2 Å². The van der Waals surface area contributed by atoms with E-state index in [0.29, 0.717) is 0 Å². The highest BCUT2D eigenvalue weighted by Gasteiger charge is 2.27. The molecule has 0 heterocycles. The minimum atomic E-state index is -4.33. The number of hydrogen-bond donors (Lipinski definition) is 0. The molecule has 0 fully saturated rings. The number of benzene rings is 1. The monoisotopic (exact) mass is 322 g/mol. The third-order valence-corrected chi connectivity index (χ3v) is 3.47. The second kappa shape index (κ2) is 5.54. The van der Waals surface area contributed by atoms with Crippen molar-refractivity contribution in [1.29, 1.82) is 0 Å². The molecule has 102 valence electrons. The van der Waals surface area contributed by atoms with Crippen LogP contribution >= 0.6 is 22.3 Å². The van der Waals surface area contributed by atoms with Crippen LogP contribution in [0.2, 0.25) is 5.02 Å². The molecule has 0 aromatic heterocycles. The molecule has 0 aliphatic heterocycles. The average molecular weight is 323 g/mol. The Balaban J connectivity index is 2.75. The van der Waals surface area contributed by atoms with E-state index in [2.05, 4.69) is 0 Å². The van der Waals surface area contributed by atoms with E-state index in [1.165, 1.54) is 0 Å². The van der Waals surface area contributed by atoms with Crippen molar-refractivity contribution in [1.82, 2.24) is 0 Å². The van der Waals surface area contributed by atoms with E-state index in [1.807, 2.05) is 0 Å². The SMILES string of the molecule is O=S(=O)(Cl)c1ccc(OCCC(F)(F)F)c(Cl)c1. The molecule has 0 saturated carbocycles. The molecule has 18 heavy (non-hydrogen) atoms. The summed E-state index contributed by atoms with van der Waals surface area (Å²) in [4.78, 5) is -0.252. The molecule has 1 aromatic rings. The summed E-state index contributed by atoms with van der Waals surface area (Å²) in [6.07, 6.45) is -5.45. The molecule has 0 aliphatic carbocycles. The Morgan fingerprint density at radius 1 is 1.28 bits per heavy atom. The second-order valence-corrected chi connectivity index (χ2v) is 6.22. The van der Waals surface area contributed by atoms with Crippen molar-refractivity contribution >= 4 is 31.3 Å². The maximum atomic E-state index is 11.9. The molecule has 0 spiro atoms. The first kappa shape index (κ1) is 15.4. The lowest BCUT2D eigenvalue weighted by molar-refractivity contribution is -0.139. The van der Waals surface area contributed by atoms with Gasteiger partial charge in [-0.25, -0.2) is 8.42 Å². The fraction of sp³-hybridized carbons (Fsp3) is 0.333. The van der Waals surface area contributed by atoms with Gasteiger partial charge in [-0.1, -0.05) is 11.6 Å². The van der Waals surface area contributed by atoms with Crippen LogP contribution in [-0.2, 0) is 9.05 Å². The van der Waals surface area contributed by atoms with Crippen LogP contribution in [0.4, 0.5) is 13.2 Å². The number of rotatable bonds is 4. The van der Waals surface area contributed by atoms with Gasteiger partial charge < -0.3 is 4.74 Å². The third-order valence-electron chi connectivity index (χ3n) is 1.83. The van der Waals surface area contributed by atoms with Crippen LogP contribution in [0.1, 0.15) is 6.42 Å². The van der Waals surface area contributed by atoms with Crippen LogP contribution in [0.15, 0.2) is 23.1 Å². The zero-order valence-electron chi connectivity index (χ0n) is 8.67. The van der Waals surface area contributed by atoms with Crippen molar-refractivity contribution in [2.45, 2.75) is 17.5 Å². The summed E-state index contributed by atoms with van der Waals surface area (Å²) in [7, 11) is 1.14. The summed E-state index contributed by atoms with van der Waals surface area (Å²) < 4.78 is 62.3. The summed E-state index contributed by atoms with van der Waals surface area (Å²) in [6.45, 7) is -0.601. The lowest BCUT2D eigenvalue weighted by atomic mass is 10.3. The molecule has 0 saturated heterocycles. The molecule has 1 rings (SSSR count). The lowest BCUT2D eigenvalue weighted by Crippen LogP contribution is -2.13. The van der Waals surface area contributed by atoms with Crippen molar-refractivity contribution < 1.29 is 26.3 Å². The van der Waals surface area contributed by atoms with Crippen molar-refractivity contribution in [3.05, 3.63) is 23.2 Å². The van der Waals surface area contributed by atoms with Crippen LogP contribution in [0, 0.1) is 0 Å². The highest BCUT2D eigenvalue weighted by atomic mass is 35.7. The molecule has 0 unspecified atom stereocenters. The summed E-state index contributed by atoms with van der Waals surface area (Å²) in [5.74, 6) is -0.0371. The molecule has 0 aliphatic rings. The van der Waals surface area contributed by atoms with E-state index in [-0.39, 0.29) is 15.7 Å². The number of halogens is 5. The Bertz CT molecular complexity index is 528. The largest absolute Gasteiger partial charge is 0.492 e. The normalized spacial score (nSPS) is 12.5. The van der Waals surface area contributed by atoms with Gasteiger partial charge in [-0.15, -0.1) is 0 Å². The average Bonchev–Trinajstić information content (AvgIpc) is 2.17. The van der Waals surface area contributed by atoms with E-state index in [0.717, 1.165) is 18.2 Å². The highest BCUT2D eigenvalue weighted by Crippen LogP contribution is 2.29. The van der Waals surface area contributed by atoms with Crippen LogP contribution in [0.3, 0.4) is 0 Å². The molecule has 0 bridgehead atoms. The Hall–Kier alpha value is -0.660. The van der Waals surface area contributed by atoms with Gasteiger partial charge in [0.2, 0.25) is 0 Å². The molecule has 9 heteroatoms. The van der Waals surface area contributed by atoms with E-state index in [9.17, 15) is 21.6 Å². The zero-order valence-corrected chi connectivity index (χ0v) is 11.0. The van der Waals surface area contributed by atoms with Crippen molar-refractivity contribution in [2.75, 3.05) is 6.61 Å². The van der Waals surface area contributed by atoms with Crippen molar-refractivity contribution in [3.8, 4) is 5.75 Å². The van der Waals surface area contributed by atoms with E-state index in [4.69, 9.17) is 27.0 Å². The zero-order chi connectivity index (χ0) is 14.0. The molecule has 1 aromatic carbocycles. The first-order chi connectivity index (χ1) is 8.09. The smallest absolute Gasteiger partial charge is 0.392 e. The van der Waals surface area contributed by atoms with E-state index in [1.54, 1.807) is 0 Å². The van der Waals surface area contributed by atoms with Gasteiger partial charge in [-0.2, -0.15) is 13.2 Å². The van der Waals surface area contributed by atoms with Gasteiger partial charge in [0.05, 0.1) is 22.9 Å². The Morgan fingerprint density at radius 3 is 2.33 bits per heavy atom. The minimum Gasteiger partial charge on any atom is -0.492 e. The third kappa shape index (κ3) is 4.91. The predicted octanol–water partition coefficient (Wildman–Crippen LogP) is 3.60. The number of ether oxygens (including phenoxy) is 1. The molecule has 0 amide bonds. The van der Waals surface area contributed by atoms with E-state index >= 15 is 0 Å². The summed E-state index contributed by atoms with van der Waals surface area (Å²) in [6, 6.07) is 3.25. The van der Waals surface area contributed by atoms with Crippen LogP contribution < -0.4 is 4.74 Å². The Morgan fingerprint density at radius 2 is 1.89 bits per heavy atom. The number of alkyl halides is 3. The minimum absolute atomic E-state index is 0.0371. The van der Waals surface area contributed by atoms with Crippen LogP contribution in [0.25, 0.3) is 0 Å². The molecule has 0 radical (unpaired) electrons. The Labute approximate surface area is 111 Å². The second-order valence-electron chi connectivity index (χ2n) is 3.24. The fourth-order valence-corrected chi connectivity index (χ4v) is 2.10. The summed E-state index contributed by atoms with van der Waals surface area (Å²) >= 11 is 5.66. The lowest BCUT2D eigenvalue weighted by Gasteiger charge is -2.10. The van der Waals surface area contributed by atoms with Gasteiger partial charge in [0, 0.05) is 10.7 Å². The maximum absolute atomic E-state index is 11.9. The molecule has 0 atom stereocenters. The molecular weight excluding hydrogens is 316 g/mol. The van der Waals surface area contributed by atoms with Gasteiger partial charge in [-0.3, -0.25) is 0 Å². The van der Waals surface area contributed by atoms with Gasteiger partial charge >= 0.3 is 6.18 Å². The quantitative estimate of drug-likeness (QED) is 0.795. The highest BCUT2D eigenvalue weighted by molar-refractivity contribution is 8.13. The maximum Gasteiger partial charge on any atom is 0.392 e. The van der Waals surface area contributed by atoms with E-state index < -0.39 is 28.3 Å². The Kier molecular flexibility index (Phi) is 4.74. The van der Waals surface area contributed by atoms with Gasteiger partial charge in [-0.05, 0) is 18.2 Å². The van der Waals surface area contributed by atoms with Gasteiger partial charge in [0.15, 0.2) is 0 Å². The van der Waals surface area contributed by atoms with Gasteiger partial charge in [0.1, 0.15) is 5.75 Å². The predicted molar refractivity (Wildman–Crippen MR) is 60.7 cm³/mol. The number of hydrogen-bond acceptors (Lipinski definition) is 3. The topological polar surface area (TPSA) is 43.4 Å². The molecular formula is C9H7Cl2F3O3S. The summed E-state index contributed by atoms with van der Waals surface area (Å²) in [5.41, 5.74) is 0. The van der Waals surface area contributed by atoms with Crippen molar-refractivity contribution in [3.63, 3.8) is 0 Å². The fourth-order valence-electron chi connectivity index (χ4n) is 1.03.